The summed E-state index contributed by atoms with van der Waals surface area (Å²) in [6, 6.07) is 0.400. The molecule has 0 aliphatic carbocycles. The van der Waals surface area contributed by atoms with E-state index in [-0.39, 0.29) is 5.75 Å². The summed E-state index contributed by atoms with van der Waals surface area (Å²) in [5.74, 6) is 0.235. The van der Waals surface area contributed by atoms with Gasteiger partial charge < -0.3 is 10.4 Å². The van der Waals surface area contributed by atoms with Crippen molar-refractivity contribution in [3.8, 4) is 5.75 Å². The van der Waals surface area contributed by atoms with Gasteiger partial charge in [-0.3, -0.25) is 0 Å². The van der Waals surface area contributed by atoms with Crippen LogP contribution in [0.25, 0.3) is 0 Å². The van der Waals surface area contributed by atoms with Crippen LogP contribution in [0.2, 0.25) is 5.02 Å². The zero-order valence-electron chi connectivity index (χ0n) is 10.0. The van der Waals surface area contributed by atoms with Gasteiger partial charge in [0.25, 0.3) is 0 Å². The molecular weight excluding hydrogens is 222 g/mol. The van der Waals surface area contributed by atoms with Crippen LogP contribution >= 0.6 is 11.6 Å². The minimum Gasteiger partial charge on any atom is -0.506 e. The highest BCUT2D eigenvalue weighted by atomic mass is 35.5. The van der Waals surface area contributed by atoms with Gasteiger partial charge in [0.05, 0.1) is 5.02 Å². The third-order valence-electron chi connectivity index (χ3n) is 3.67. The van der Waals surface area contributed by atoms with Crippen molar-refractivity contribution in [3.63, 3.8) is 0 Å². The largest absolute Gasteiger partial charge is 0.506 e. The molecule has 0 amide bonds. The van der Waals surface area contributed by atoms with Crippen molar-refractivity contribution in [1.29, 1.82) is 0 Å². The molecule has 1 atom stereocenters. The van der Waals surface area contributed by atoms with Gasteiger partial charge in [0, 0.05) is 6.04 Å². The molecule has 88 valence electrons. The predicted molar refractivity (Wildman–Crippen MR) is 67.3 cm³/mol. The van der Waals surface area contributed by atoms with Gasteiger partial charge in [-0.25, -0.2) is 0 Å². The predicted octanol–water partition coefficient (Wildman–Crippen LogP) is 3.40. The van der Waals surface area contributed by atoms with Gasteiger partial charge >= 0.3 is 0 Å². The number of aromatic hydroxyl groups is 1. The van der Waals surface area contributed by atoms with Gasteiger partial charge in [-0.2, -0.15) is 0 Å². The molecule has 16 heavy (non-hydrogen) atoms. The van der Waals surface area contributed by atoms with Gasteiger partial charge in [-0.05, 0) is 62.4 Å². The molecule has 1 saturated heterocycles. The smallest absolute Gasteiger partial charge is 0.137 e. The number of rotatable bonds is 1. The lowest BCUT2D eigenvalue weighted by Crippen LogP contribution is -2.16. The summed E-state index contributed by atoms with van der Waals surface area (Å²) in [5.41, 5.74) is 4.36. The van der Waals surface area contributed by atoms with Crippen LogP contribution in [0.5, 0.6) is 5.75 Å². The topological polar surface area (TPSA) is 32.3 Å². The van der Waals surface area contributed by atoms with E-state index in [4.69, 9.17) is 11.6 Å². The van der Waals surface area contributed by atoms with Crippen molar-refractivity contribution in [2.45, 2.75) is 39.7 Å². The van der Waals surface area contributed by atoms with Gasteiger partial charge in [0.1, 0.15) is 5.75 Å². The molecule has 1 unspecified atom stereocenters. The van der Waals surface area contributed by atoms with Crippen LogP contribution in [0.1, 0.15) is 41.1 Å². The number of phenols is 1. The number of nitrogens with one attached hydrogen (secondary N) is 1. The normalized spacial score (nSPS) is 20.4. The van der Waals surface area contributed by atoms with E-state index in [0.717, 1.165) is 24.1 Å². The Hall–Kier alpha value is -0.730. The highest BCUT2D eigenvalue weighted by Gasteiger charge is 2.24. The first-order valence-corrected chi connectivity index (χ1v) is 6.13. The standard InChI is InChI=1S/C13H18ClNO/c1-7-8(2)13(16)12(14)9(3)11(7)10-5-4-6-15-10/h10,15-16H,4-6H2,1-3H3. The van der Waals surface area contributed by atoms with Gasteiger partial charge in [-0.15, -0.1) is 0 Å². The van der Waals surface area contributed by atoms with E-state index in [9.17, 15) is 5.11 Å². The highest BCUT2D eigenvalue weighted by Crippen LogP contribution is 2.40. The van der Waals surface area contributed by atoms with Crippen molar-refractivity contribution < 1.29 is 5.11 Å². The molecule has 0 spiro atoms. The summed E-state index contributed by atoms with van der Waals surface area (Å²) < 4.78 is 0. The van der Waals surface area contributed by atoms with Crippen molar-refractivity contribution >= 4 is 11.6 Å². The summed E-state index contributed by atoms with van der Waals surface area (Å²) >= 11 is 6.16. The molecule has 1 aliphatic heterocycles. The zero-order valence-corrected chi connectivity index (χ0v) is 10.8. The molecule has 1 fully saturated rings. The fourth-order valence-corrected chi connectivity index (χ4v) is 2.82. The fourth-order valence-electron chi connectivity index (χ4n) is 2.57. The maximum absolute atomic E-state index is 9.88. The van der Waals surface area contributed by atoms with Gasteiger partial charge in [0.2, 0.25) is 0 Å². The minimum atomic E-state index is 0.235. The number of hydrogen-bond acceptors (Lipinski definition) is 2. The van der Waals surface area contributed by atoms with E-state index in [2.05, 4.69) is 12.2 Å². The third kappa shape index (κ3) is 1.70. The lowest BCUT2D eigenvalue weighted by Gasteiger charge is -2.21. The Morgan fingerprint density at radius 3 is 2.44 bits per heavy atom. The van der Waals surface area contributed by atoms with E-state index in [1.807, 2.05) is 13.8 Å². The zero-order chi connectivity index (χ0) is 11.9. The number of halogens is 1. The second kappa shape index (κ2) is 4.27. The molecule has 1 aliphatic rings. The molecule has 1 heterocycles. The molecule has 2 nitrogen and oxygen atoms in total. The van der Waals surface area contributed by atoms with Crippen molar-refractivity contribution in [2.24, 2.45) is 0 Å². The van der Waals surface area contributed by atoms with E-state index in [0.29, 0.717) is 11.1 Å². The Labute approximate surface area is 102 Å². The fraction of sp³-hybridized carbons (Fsp3) is 0.538. The summed E-state index contributed by atoms with van der Waals surface area (Å²) in [4.78, 5) is 0. The molecule has 3 heteroatoms. The average Bonchev–Trinajstić information content (AvgIpc) is 2.77. The van der Waals surface area contributed by atoms with Crippen LogP contribution in [0.3, 0.4) is 0 Å². The Morgan fingerprint density at radius 1 is 1.19 bits per heavy atom. The van der Waals surface area contributed by atoms with Crippen molar-refractivity contribution in [2.75, 3.05) is 6.54 Å². The number of hydrogen-bond donors (Lipinski definition) is 2. The molecule has 1 aromatic rings. The summed E-state index contributed by atoms with van der Waals surface area (Å²) in [7, 11) is 0. The lowest BCUT2D eigenvalue weighted by molar-refractivity contribution is 0.469. The maximum Gasteiger partial charge on any atom is 0.137 e. The second-order valence-corrected chi connectivity index (χ2v) is 4.98. The Kier molecular flexibility index (Phi) is 3.13. The average molecular weight is 240 g/mol. The van der Waals surface area contributed by atoms with Crippen LogP contribution in [0.4, 0.5) is 0 Å². The molecule has 2 N–H and O–H groups in total. The monoisotopic (exact) mass is 239 g/mol. The van der Waals surface area contributed by atoms with Crippen LogP contribution in [0, 0.1) is 20.8 Å². The quantitative estimate of drug-likeness (QED) is 0.787. The van der Waals surface area contributed by atoms with Crippen LogP contribution in [-0.2, 0) is 0 Å². The molecule has 0 saturated carbocycles. The van der Waals surface area contributed by atoms with Crippen LogP contribution < -0.4 is 5.32 Å². The van der Waals surface area contributed by atoms with Gasteiger partial charge in [0.15, 0.2) is 0 Å². The summed E-state index contributed by atoms with van der Waals surface area (Å²) in [6.07, 6.45) is 2.36. The van der Waals surface area contributed by atoms with E-state index >= 15 is 0 Å². The third-order valence-corrected chi connectivity index (χ3v) is 4.13. The van der Waals surface area contributed by atoms with Crippen LogP contribution in [-0.4, -0.2) is 11.7 Å². The first kappa shape index (κ1) is 11.7. The van der Waals surface area contributed by atoms with Crippen LogP contribution in [0.15, 0.2) is 0 Å². The summed E-state index contributed by atoms with van der Waals surface area (Å²) in [6.45, 7) is 7.05. The van der Waals surface area contributed by atoms with Gasteiger partial charge in [-0.1, -0.05) is 11.6 Å². The Bertz CT molecular complexity index is 393. The van der Waals surface area contributed by atoms with E-state index in [1.54, 1.807) is 0 Å². The first-order chi connectivity index (χ1) is 7.54. The maximum atomic E-state index is 9.88. The van der Waals surface area contributed by atoms with Crippen molar-refractivity contribution in [3.05, 3.63) is 27.3 Å². The first-order valence-electron chi connectivity index (χ1n) is 5.75. The highest BCUT2D eigenvalue weighted by molar-refractivity contribution is 6.33. The molecule has 1 aromatic carbocycles. The summed E-state index contributed by atoms with van der Waals surface area (Å²) in [5, 5.41) is 13.9. The molecule has 2 rings (SSSR count). The SMILES string of the molecule is Cc1c(C)c(C2CCCN2)c(C)c(Cl)c1O. The Balaban J connectivity index is 2.59. The minimum absolute atomic E-state index is 0.235. The molecule has 0 aromatic heterocycles. The van der Waals surface area contributed by atoms with Crippen molar-refractivity contribution in [1.82, 2.24) is 5.32 Å². The lowest BCUT2D eigenvalue weighted by atomic mass is 9.91. The van der Waals surface area contributed by atoms with E-state index in [1.165, 1.54) is 17.5 Å². The number of benzene rings is 1. The molecule has 0 radical (unpaired) electrons. The van der Waals surface area contributed by atoms with E-state index < -0.39 is 0 Å². The molecule has 0 bridgehead atoms. The second-order valence-electron chi connectivity index (χ2n) is 4.60. The number of phenolic OH excluding ortho intramolecular Hbond substituents is 1. The Morgan fingerprint density at radius 2 is 1.88 bits per heavy atom. The molecular formula is C13H18ClNO.